The topological polar surface area (TPSA) is 69.0 Å². The molecule has 1 heterocycles. The maximum absolute atomic E-state index is 10.7. The summed E-state index contributed by atoms with van der Waals surface area (Å²) in [6.07, 6.45) is -0.231. The summed E-state index contributed by atoms with van der Waals surface area (Å²) < 4.78 is 6.00. The Kier molecular flexibility index (Phi) is 3.88. The number of nitro groups is 1. The Morgan fingerprint density at radius 2 is 1.90 bits per heavy atom. The highest BCUT2D eigenvalue weighted by Gasteiger charge is 2.32. The quantitative estimate of drug-likeness (QED) is 0.700. The van der Waals surface area contributed by atoms with Crippen molar-refractivity contribution in [3.63, 3.8) is 0 Å². The lowest BCUT2D eigenvalue weighted by Gasteiger charge is -2.11. The predicted molar refractivity (Wildman–Crippen MR) is 77.9 cm³/mol. The van der Waals surface area contributed by atoms with Crippen molar-refractivity contribution >= 4 is 17.3 Å². The zero-order valence-corrected chi connectivity index (χ0v) is 11.9. The Bertz CT molecular complexity index is 660. The van der Waals surface area contributed by atoms with Crippen LogP contribution in [-0.4, -0.2) is 11.5 Å². The number of benzene rings is 2. The van der Waals surface area contributed by atoms with Crippen LogP contribution in [-0.2, 0) is 4.74 Å². The van der Waals surface area contributed by atoms with Crippen LogP contribution in [0.3, 0.4) is 0 Å². The van der Waals surface area contributed by atoms with Gasteiger partial charge in [0.25, 0.3) is 5.69 Å². The largest absolute Gasteiger partial charge is 0.315 e. The molecule has 0 aromatic heterocycles. The molecule has 6 heteroatoms. The molecule has 0 amide bonds. The second-order valence-electron chi connectivity index (χ2n) is 4.89. The van der Waals surface area contributed by atoms with Crippen LogP contribution in [0, 0.1) is 10.1 Å². The molecule has 0 bridgehead atoms. The number of non-ortho nitro benzene ring substituents is 1. The van der Waals surface area contributed by atoms with Gasteiger partial charge in [-0.3, -0.25) is 10.1 Å². The number of nitrogens with two attached hydrogens (primary N) is 1. The minimum absolute atomic E-state index is 0.0865. The van der Waals surface area contributed by atoms with Crippen LogP contribution in [0.25, 0.3) is 0 Å². The van der Waals surface area contributed by atoms with Crippen LogP contribution >= 0.6 is 11.6 Å². The summed E-state index contributed by atoms with van der Waals surface area (Å²) in [7, 11) is 0. The fraction of sp³-hybridized carbons (Fsp3) is 0.200. The maximum Gasteiger partial charge on any atom is 0.269 e. The number of nitro benzene ring substituents is 1. The monoisotopic (exact) mass is 305 g/mol. The van der Waals surface area contributed by atoms with Gasteiger partial charge in [0.1, 0.15) is 12.6 Å². The molecule has 2 aromatic rings. The second-order valence-corrected chi connectivity index (χ2v) is 5.29. The molecule has 3 rings (SSSR count). The summed E-state index contributed by atoms with van der Waals surface area (Å²) in [5, 5.41) is 13.4. The first-order valence-corrected chi connectivity index (χ1v) is 7.00. The van der Waals surface area contributed by atoms with Crippen molar-refractivity contribution in [2.75, 3.05) is 6.54 Å². The highest BCUT2D eigenvalue weighted by molar-refractivity contribution is 6.31. The Labute approximate surface area is 126 Å². The van der Waals surface area contributed by atoms with E-state index in [4.69, 9.17) is 16.3 Å². The normalized spacial score (nSPS) is 21.4. The summed E-state index contributed by atoms with van der Waals surface area (Å²) in [5.74, 6) is 0. The lowest BCUT2D eigenvalue weighted by atomic mass is 10.1. The predicted octanol–water partition coefficient (Wildman–Crippen LogP) is 2.58. The van der Waals surface area contributed by atoms with E-state index in [0.29, 0.717) is 5.02 Å². The molecule has 1 fully saturated rings. The van der Waals surface area contributed by atoms with Gasteiger partial charge >= 0.3 is 0 Å². The van der Waals surface area contributed by atoms with Crippen molar-refractivity contribution in [3.8, 4) is 0 Å². The zero-order chi connectivity index (χ0) is 14.8. The molecule has 0 aliphatic carbocycles. The van der Waals surface area contributed by atoms with E-state index in [2.05, 4.69) is 5.32 Å². The molecule has 21 heavy (non-hydrogen) atoms. The van der Waals surface area contributed by atoms with Gasteiger partial charge in [-0.15, -0.1) is 0 Å². The van der Waals surface area contributed by atoms with Crippen LogP contribution in [0.1, 0.15) is 23.5 Å². The number of rotatable bonds is 3. The van der Waals surface area contributed by atoms with Crippen LogP contribution < -0.4 is 5.32 Å². The number of hydrogen-bond acceptors (Lipinski definition) is 3. The highest BCUT2D eigenvalue weighted by Crippen LogP contribution is 2.30. The van der Waals surface area contributed by atoms with Gasteiger partial charge in [-0.25, -0.2) is 0 Å². The van der Waals surface area contributed by atoms with Crippen LogP contribution in [0.5, 0.6) is 0 Å². The van der Waals surface area contributed by atoms with E-state index in [0.717, 1.165) is 17.7 Å². The Hall–Kier alpha value is -1.95. The van der Waals surface area contributed by atoms with Gasteiger partial charge < -0.3 is 10.1 Å². The standard InChI is InChI=1S/C15H13ClN2O3/c16-13-4-2-1-3-12(13)15-17-9-14(21-15)10-5-7-11(8-6-10)18(19)20/h1-8,14-15,17H,9H2/p+1/t14-,15+/m1/s1. The Morgan fingerprint density at radius 1 is 1.19 bits per heavy atom. The minimum Gasteiger partial charge on any atom is -0.315 e. The van der Waals surface area contributed by atoms with E-state index in [1.807, 2.05) is 24.3 Å². The average molecular weight is 306 g/mol. The first kappa shape index (κ1) is 14.0. The molecule has 1 aliphatic heterocycles. The lowest BCUT2D eigenvalue weighted by molar-refractivity contribution is -0.698. The zero-order valence-electron chi connectivity index (χ0n) is 11.1. The van der Waals surface area contributed by atoms with Gasteiger partial charge in [-0.05, 0) is 29.8 Å². The van der Waals surface area contributed by atoms with Crippen molar-refractivity contribution in [3.05, 3.63) is 74.8 Å². The smallest absolute Gasteiger partial charge is 0.269 e. The Balaban J connectivity index is 1.75. The van der Waals surface area contributed by atoms with Crippen molar-refractivity contribution in [1.82, 2.24) is 0 Å². The third-order valence-electron chi connectivity index (χ3n) is 3.56. The number of hydrogen-bond donors (Lipinski definition) is 1. The van der Waals surface area contributed by atoms with Crippen molar-refractivity contribution in [2.45, 2.75) is 12.3 Å². The van der Waals surface area contributed by atoms with Gasteiger partial charge in [0.15, 0.2) is 0 Å². The summed E-state index contributed by atoms with van der Waals surface area (Å²) in [6.45, 7) is 0.758. The fourth-order valence-electron chi connectivity index (χ4n) is 2.47. The van der Waals surface area contributed by atoms with Gasteiger partial charge in [-0.2, -0.15) is 0 Å². The summed E-state index contributed by atoms with van der Waals surface area (Å²) in [4.78, 5) is 10.3. The molecule has 108 valence electrons. The van der Waals surface area contributed by atoms with E-state index in [9.17, 15) is 10.1 Å². The SMILES string of the molecule is O=[N+]([O-])c1ccc([C@H]2C[NH2+][C@H](c3ccccc3Cl)O2)cc1. The maximum atomic E-state index is 10.7. The number of nitrogens with zero attached hydrogens (tertiary/aromatic N) is 1. The Morgan fingerprint density at radius 3 is 2.57 bits per heavy atom. The fourth-order valence-corrected chi connectivity index (χ4v) is 2.71. The van der Waals surface area contributed by atoms with E-state index in [-0.39, 0.29) is 18.0 Å². The van der Waals surface area contributed by atoms with Crippen molar-refractivity contribution < 1.29 is 15.0 Å². The van der Waals surface area contributed by atoms with E-state index in [1.54, 1.807) is 12.1 Å². The van der Waals surface area contributed by atoms with E-state index < -0.39 is 4.92 Å². The van der Waals surface area contributed by atoms with E-state index in [1.165, 1.54) is 12.1 Å². The number of ether oxygens (including phenoxy) is 1. The lowest BCUT2D eigenvalue weighted by Crippen LogP contribution is -2.82. The van der Waals surface area contributed by atoms with Crippen molar-refractivity contribution in [2.24, 2.45) is 0 Å². The average Bonchev–Trinajstić information content (AvgIpc) is 2.97. The molecule has 0 unspecified atom stereocenters. The molecule has 2 atom stereocenters. The summed E-state index contributed by atoms with van der Waals surface area (Å²) in [5.41, 5.74) is 1.97. The molecule has 0 spiro atoms. The van der Waals surface area contributed by atoms with Crippen LogP contribution in [0.2, 0.25) is 5.02 Å². The first-order chi connectivity index (χ1) is 10.1. The van der Waals surface area contributed by atoms with Gasteiger partial charge in [0, 0.05) is 12.1 Å². The van der Waals surface area contributed by atoms with Crippen molar-refractivity contribution in [1.29, 1.82) is 0 Å². The molecule has 1 saturated heterocycles. The molecule has 0 radical (unpaired) electrons. The highest BCUT2D eigenvalue weighted by atomic mass is 35.5. The molecule has 2 aromatic carbocycles. The first-order valence-electron chi connectivity index (χ1n) is 6.63. The van der Waals surface area contributed by atoms with Gasteiger partial charge in [-0.1, -0.05) is 23.7 Å². The molecular weight excluding hydrogens is 292 g/mol. The molecule has 0 saturated carbocycles. The molecule has 5 nitrogen and oxygen atoms in total. The van der Waals surface area contributed by atoms with Gasteiger partial charge in [0.05, 0.1) is 15.5 Å². The second kappa shape index (κ2) is 5.81. The summed E-state index contributed by atoms with van der Waals surface area (Å²) >= 11 is 6.18. The van der Waals surface area contributed by atoms with E-state index >= 15 is 0 Å². The number of halogens is 1. The molecule has 2 N–H and O–H groups in total. The third-order valence-corrected chi connectivity index (χ3v) is 3.91. The molecule has 1 aliphatic rings. The summed E-state index contributed by atoms with van der Waals surface area (Å²) in [6, 6.07) is 14.1. The van der Waals surface area contributed by atoms with Crippen LogP contribution in [0.4, 0.5) is 5.69 Å². The van der Waals surface area contributed by atoms with Gasteiger partial charge in [0.2, 0.25) is 6.23 Å². The number of quaternary nitrogens is 1. The van der Waals surface area contributed by atoms with Crippen LogP contribution in [0.15, 0.2) is 48.5 Å². The third kappa shape index (κ3) is 2.90. The molecular formula is C15H14ClN2O3+. The minimum atomic E-state index is -0.405.